The minimum absolute atomic E-state index is 0.0830. The van der Waals surface area contributed by atoms with Crippen LogP contribution in [0.25, 0.3) is 0 Å². The van der Waals surface area contributed by atoms with E-state index in [1.807, 2.05) is 22.7 Å². The highest BCUT2D eigenvalue weighted by atomic mass is 19.1. The molecule has 2 heterocycles. The van der Waals surface area contributed by atoms with Gasteiger partial charge in [-0.1, -0.05) is 12.1 Å². The summed E-state index contributed by atoms with van der Waals surface area (Å²) in [6.07, 6.45) is 3.67. The lowest BCUT2D eigenvalue weighted by atomic mass is 10.0. The first-order chi connectivity index (χ1) is 11.5. The summed E-state index contributed by atoms with van der Waals surface area (Å²) in [7, 11) is 0. The lowest BCUT2D eigenvalue weighted by Gasteiger charge is -2.37. The molecule has 2 atom stereocenters. The normalized spacial score (nSPS) is 20.0. The van der Waals surface area contributed by atoms with Gasteiger partial charge in [-0.2, -0.15) is 5.10 Å². The Bertz CT molecular complexity index is 701. The maximum Gasteiger partial charge on any atom is 0.239 e. The second-order valence-corrected chi connectivity index (χ2v) is 6.08. The van der Waals surface area contributed by atoms with E-state index < -0.39 is 11.9 Å². The molecule has 1 aromatic carbocycles. The van der Waals surface area contributed by atoms with Crippen LogP contribution in [0.4, 0.5) is 4.39 Å². The van der Waals surface area contributed by atoms with Crippen molar-refractivity contribution in [2.45, 2.75) is 25.6 Å². The Morgan fingerprint density at radius 1 is 1.46 bits per heavy atom. The van der Waals surface area contributed by atoms with Crippen molar-refractivity contribution in [1.29, 1.82) is 0 Å². The van der Waals surface area contributed by atoms with E-state index in [2.05, 4.69) is 5.10 Å². The zero-order valence-corrected chi connectivity index (χ0v) is 13.6. The third kappa shape index (κ3) is 3.80. The summed E-state index contributed by atoms with van der Waals surface area (Å²) in [5.74, 6) is -0.784. The number of amides is 1. The minimum Gasteiger partial charge on any atom is -0.374 e. The van der Waals surface area contributed by atoms with Gasteiger partial charge in [0.25, 0.3) is 0 Å². The van der Waals surface area contributed by atoms with Gasteiger partial charge in [0, 0.05) is 19.3 Å². The summed E-state index contributed by atoms with van der Waals surface area (Å²) >= 11 is 0. The van der Waals surface area contributed by atoms with E-state index in [-0.39, 0.29) is 11.9 Å². The molecule has 0 radical (unpaired) electrons. The quantitative estimate of drug-likeness (QED) is 0.894. The molecule has 2 unspecified atom stereocenters. The molecule has 0 spiro atoms. The monoisotopic (exact) mass is 332 g/mol. The van der Waals surface area contributed by atoms with E-state index in [0.717, 1.165) is 5.56 Å². The third-order valence-corrected chi connectivity index (χ3v) is 4.14. The summed E-state index contributed by atoms with van der Waals surface area (Å²) in [5, 5.41) is 4.27. The van der Waals surface area contributed by atoms with E-state index >= 15 is 0 Å². The van der Waals surface area contributed by atoms with Crippen LogP contribution in [0.1, 0.15) is 17.2 Å². The topological polar surface area (TPSA) is 73.4 Å². The van der Waals surface area contributed by atoms with Gasteiger partial charge in [-0.25, -0.2) is 4.39 Å². The predicted molar refractivity (Wildman–Crippen MR) is 86.6 cm³/mol. The number of hydrogen-bond acceptors (Lipinski definition) is 4. The van der Waals surface area contributed by atoms with Crippen molar-refractivity contribution in [1.82, 2.24) is 14.7 Å². The van der Waals surface area contributed by atoms with Crippen LogP contribution in [0.15, 0.2) is 36.7 Å². The van der Waals surface area contributed by atoms with Crippen molar-refractivity contribution in [3.63, 3.8) is 0 Å². The largest absolute Gasteiger partial charge is 0.374 e. The highest BCUT2D eigenvalue weighted by molar-refractivity contribution is 5.81. The van der Waals surface area contributed by atoms with Crippen molar-refractivity contribution < 1.29 is 13.9 Å². The lowest BCUT2D eigenvalue weighted by Crippen LogP contribution is -2.49. The maximum atomic E-state index is 13.1. The molecule has 24 heavy (non-hydrogen) atoms. The Kier molecular flexibility index (Phi) is 4.92. The van der Waals surface area contributed by atoms with Gasteiger partial charge < -0.3 is 10.5 Å². The zero-order chi connectivity index (χ0) is 17.1. The average molecular weight is 332 g/mol. The van der Waals surface area contributed by atoms with Gasteiger partial charge in [-0.15, -0.1) is 0 Å². The number of ether oxygens (including phenoxy) is 1. The lowest BCUT2D eigenvalue weighted by molar-refractivity contribution is -0.127. The molecule has 2 N–H and O–H groups in total. The standard InChI is InChI=1S/C17H21FN4O2/c1-12-8-20-22(9-12)11-15-10-21(6-7-24-15)16(17(19)23)13-2-4-14(18)5-3-13/h2-5,8-9,15-16H,6-7,10-11H2,1H3,(H2,19,23). The second kappa shape index (κ2) is 7.11. The van der Waals surface area contributed by atoms with Gasteiger partial charge in [0.2, 0.25) is 5.91 Å². The van der Waals surface area contributed by atoms with Crippen LogP contribution in [0.5, 0.6) is 0 Å². The summed E-state index contributed by atoms with van der Waals surface area (Å²) in [6.45, 7) is 4.26. The number of morpholine rings is 1. The number of primary amides is 1. The van der Waals surface area contributed by atoms with Gasteiger partial charge in [0.15, 0.2) is 0 Å². The van der Waals surface area contributed by atoms with Crippen LogP contribution in [-0.2, 0) is 16.1 Å². The number of nitrogens with zero attached hydrogens (tertiary/aromatic N) is 3. The van der Waals surface area contributed by atoms with Gasteiger partial charge in [-0.05, 0) is 30.2 Å². The molecular formula is C17H21FN4O2. The molecule has 6 nitrogen and oxygen atoms in total. The van der Waals surface area contributed by atoms with E-state index in [4.69, 9.17) is 10.5 Å². The van der Waals surface area contributed by atoms with Gasteiger partial charge in [0.05, 0.1) is 25.5 Å². The molecule has 1 aromatic heterocycles. The molecule has 0 aliphatic carbocycles. The Morgan fingerprint density at radius 3 is 2.83 bits per heavy atom. The first-order valence-corrected chi connectivity index (χ1v) is 7.92. The average Bonchev–Trinajstić information content (AvgIpc) is 2.95. The fraction of sp³-hybridized carbons (Fsp3) is 0.412. The Labute approximate surface area is 140 Å². The number of rotatable bonds is 5. The number of aromatic nitrogens is 2. The van der Waals surface area contributed by atoms with Crippen molar-refractivity contribution in [2.24, 2.45) is 5.73 Å². The molecule has 3 rings (SSSR count). The molecule has 2 aromatic rings. The molecule has 0 bridgehead atoms. The summed E-state index contributed by atoms with van der Waals surface area (Å²) in [5.41, 5.74) is 7.39. The Balaban J connectivity index is 1.73. The molecular weight excluding hydrogens is 311 g/mol. The molecule has 7 heteroatoms. The van der Waals surface area contributed by atoms with Crippen LogP contribution in [0.3, 0.4) is 0 Å². The molecule has 1 fully saturated rings. The number of nitrogens with two attached hydrogens (primary N) is 1. The number of carbonyl (C=O) groups excluding carboxylic acids is 1. The van der Waals surface area contributed by atoms with Gasteiger partial charge in [0.1, 0.15) is 11.9 Å². The van der Waals surface area contributed by atoms with E-state index in [1.165, 1.54) is 12.1 Å². The minimum atomic E-state index is -0.587. The number of aryl methyl sites for hydroxylation is 1. The first-order valence-electron chi connectivity index (χ1n) is 7.92. The number of hydrogen-bond donors (Lipinski definition) is 1. The van der Waals surface area contributed by atoms with Gasteiger partial charge in [-0.3, -0.25) is 14.4 Å². The maximum absolute atomic E-state index is 13.1. The van der Waals surface area contributed by atoms with Crippen LogP contribution in [-0.4, -0.2) is 46.4 Å². The Hall–Kier alpha value is -2.25. The number of halogens is 1. The summed E-state index contributed by atoms with van der Waals surface area (Å²) in [6, 6.07) is 5.31. The van der Waals surface area contributed by atoms with Crippen LogP contribution < -0.4 is 5.73 Å². The SMILES string of the molecule is Cc1cnn(CC2CN(C(C(N)=O)c3ccc(F)cc3)CCO2)c1. The van der Waals surface area contributed by atoms with E-state index in [1.54, 1.807) is 18.3 Å². The predicted octanol–water partition coefficient (Wildman–Crippen LogP) is 1.26. The van der Waals surface area contributed by atoms with E-state index in [0.29, 0.717) is 31.8 Å². The first kappa shape index (κ1) is 16.6. The summed E-state index contributed by atoms with van der Waals surface area (Å²) in [4.78, 5) is 14.0. The molecule has 1 aliphatic heterocycles. The smallest absolute Gasteiger partial charge is 0.239 e. The number of benzene rings is 1. The fourth-order valence-electron chi connectivity index (χ4n) is 3.06. The fourth-order valence-corrected chi connectivity index (χ4v) is 3.06. The van der Waals surface area contributed by atoms with Gasteiger partial charge >= 0.3 is 0 Å². The molecule has 128 valence electrons. The second-order valence-electron chi connectivity index (χ2n) is 6.08. The van der Waals surface area contributed by atoms with Crippen LogP contribution in [0, 0.1) is 12.7 Å². The number of carbonyl (C=O) groups is 1. The molecule has 1 saturated heterocycles. The van der Waals surface area contributed by atoms with Crippen LogP contribution in [0.2, 0.25) is 0 Å². The molecule has 1 amide bonds. The van der Waals surface area contributed by atoms with E-state index in [9.17, 15) is 9.18 Å². The van der Waals surface area contributed by atoms with Crippen LogP contribution >= 0.6 is 0 Å². The molecule has 0 saturated carbocycles. The Morgan fingerprint density at radius 2 is 2.21 bits per heavy atom. The van der Waals surface area contributed by atoms with Crippen molar-refractivity contribution in [3.05, 3.63) is 53.6 Å². The molecule has 1 aliphatic rings. The zero-order valence-electron chi connectivity index (χ0n) is 13.6. The third-order valence-electron chi connectivity index (χ3n) is 4.14. The highest BCUT2D eigenvalue weighted by Crippen LogP contribution is 2.23. The summed E-state index contributed by atoms with van der Waals surface area (Å²) < 4.78 is 20.8. The van der Waals surface area contributed by atoms with Crippen molar-refractivity contribution >= 4 is 5.91 Å². The van der Waals surface area contributed by atoms with Crippen molar-refractivity contribution in [3.8, 4) is 0 Å². The van der Waals surface area contributed by atoms with Crippen molar-refractivity contribution in [2.75, 3.05) is 19.7 Å². The highest BCUT2D eigenvalue weighted by Gasteiger charge is 2.31.